The van der Waals surface area contributed by atoms with Crippen molar-refractivity contribution in [1.82, 2.24) is 9.88 Å². The number of fused-ring (bicyclic) bond motifs is 1. The summed E-state index contributed by atoms with van der Waals surface area (Å²) in [5.41, 5.74) is 7.28. The Morgan fingerprint density at radius 3 is 2.09 bits per heavy atom. The Morgan fingerprint density at radius 2 is 1.41 bits per heavy atom. The highest BCUT2D eigenvalue weighted by Gasteiger charge is 2.43. The summed E-state index contributed by atoms with van der Waals surface area (Å²) in [6.07, 6.45) is 6.66. The quantitative estimate of drug-likeness (QED) is 0.582. The van der Waals surface area contributed by atoms with E-state index in [0.29, 0.717) is 19.4 Å². The number of Topliss-reactive ketones (excluding diaryl/α,β-unsaturated/α-hetero) is 2. The molecule has 0 bridgehead atoms. The van der Waals surface area contributed by atoms with E-state index < -0.39 is 0 Å². The molecule has 6 rings (SSSR count). The number of hydrogen-bond acceptors (Lipinski definition) is 3. The first kappa shape index (κ1) is 19.3. The van der Waals surface area contributed by atoms with Crippen molar-refractivity contribution in [2.75, 3.05) is 0 Å². The molecule has 0 saturated carbocycles. The first-order valence-corrected chi connectivity index (χ1v) is 11.6. The van der Waals surface area contributed by atoms with Crippen molar-refractivity contribution in [2.45, 2.75) is 51.0 Å². The van der Waals surface area contributed by atoms with Gasteiger partial charge in [-0.25, -0.2) is 0 Å². The van der Waals surface area contributed by atoms with Crippen molar-refractivity contribution in [3.05, 3.63) is 94.5 Å². The lowest BCUT2D eigenvalue weighted by molar-refractivity contribution is -0.117. The predicted octanol–water partition coefficient (Wildman–Crippen LogP) is 5.78. The first-order valence-electron chi connectivity index (χ1n) is 11.6. The fourth-order valence-corrected chi connectivity index (χ4v) is 5.82. The molecule has 160 valence electrons. The lowest BCUT2D eigenvalue weighted by Crippen LogP contribution is -2.38. The van der Waals surface area contributed by atoms with Gasteiger partial charge in [0.1, 0.15) is 0 Å². The van der Waals surface area contributed by atoms with E-state index in [2.05, 4.69) is 46.3 Å². The van der Waals surface area contributed by atoms with Gasteiger partial charge in [-0.2, -0.15) is 0 Å². The van der Waals surface area contributed by atoms with Crippen LogP contribution in [0.3, 0.4) is 0 Å². The summed E-state index contributed by atoms with van der Waals surface area (Å²) in [7, 11) is 0. The molecule has 32 heavy (non-hydrogen) atoms. The molecule has 0 unspecified atom stereocenters. The molecule has 0 amide bonds. The van der Waals surface area contributed by atoms with E-state index in [0.717, 1.165) is 64.7 Å². The Balaban J connectivity index is 1.59. The average molecular weight is 423 g/mol. The normalized spacial score (nSPS) is 19.6. The standard InChI is InChI=1S/C28H26N2O2/c31-24-14-6-12-22-27(24)26(20-16-29-21-11-5-4-10-19(20)21)28-23(13-7-15-25(28)32)30(22)17-18-8-2-1-3-9-18/h1-5,8-11,16,26,29H,6-7,12-15,17H2. The maximum atomic E-state index is 13.4. The van der Waals surface area contributed by atoms with E-state index in [-0.39, 0.29) is 17.5 Å². The van der Waals surface area contributed by atoms with Crippen molar-refractivity contribution in [3.8, 4) is 0 Å². The van der Waals surface area contributed by atoms with Gasteiger partial charge in [0, 0.05) is 64.9 Å². The summed E-state index contributed by atoms with van der Waals surface area (Å²) in [5, 5.41) is 1.10. The van der Waals surface area contributed by atoms with Gasteiger partial charge in [-0.1, -0.05) is 48.5 Å². The van der Waals surface area contributed by atoms with Gasteiger partial charge in [0.25, 0.3) is 0 Å². The Hall–Kier alpha value is -3.40. The summed E-state index contributed by atoms with van der Waals surface area (Å²) >= 11 is 0. The van der Waals surface area contributed by atoms with Crippen LogP contribution < -0.4 is 0 Å². The minimum Gasteiger partial charge on any atom is -0.361 e. The van der Waals surface area contributed by atoms with Gasteiger partial charge in [0.15, 0.2) is 11.6 Å². The topological polar surface area (TPSA) is 53.2 Å². The molecule has 3 aromatic rings. The van der Waals surface area contributed by atoms with E-state index >= 15 is 0 Å². The molecule has 0 radical (unpaired) electrons. The van der Waals surface area contributed by atoms with Crippen LogP contribution in [-0.4, -0.2) is 21.5 Å². The number of para-hydroxylation sites is 1. The minimum atomic E-state index is -0.260. The largest absolute Gasteiger partial charge is 0.361 e. The molecule has 2 aliphatic carbocycles. The first-order chi connectivity index (χ1) is 15.7. The summed E-state index contributed by atoms with van der Waals surface area (Å²) in [6, 6.07) is 18.6. The third-order valence-electron chi connectivity index (χ3n) is 7.20. The molecule has 1 N–H and O–H groups in total. The molecule has 1 aromatic heterocycles. The van der Waals surface area contributed by atoms with E-state index in [1.807, 2.05) is 24.4 Å². The molecule has 0 spiro atoms. The van der Waals surface area contributed by atoms with E-state index in [4.69, 9.17) is 0 Å². The zero-order valence-electron chi connectivity index (χ0n) is 18.1. The third-order valence-corrected chi connectivity index (χ3v) is 7.20. The Kier molecular flexibility index (Phi) is 4.60. The number of ketones is 2. The molecule has 4 nitrogen and oxygen atoms in total. The highest BCUT2D eigenvalue weighted by atomic mass is 16.1. The summed E-state index contributed by atoms with van der Waals surface area (Å²) < 4.78 is 0. The van der Waals surface area contributed by atoms with Crippen LogP contribution in [-0.2, 0) is 16.1 Å². The highest BCUT2D eigenvalue weighted by Crippen LogP contribution is 2.50. The Morgan fingerprint density at radius 1 is 0.781 bits per heavy atom. The van der Waals surface area contributed by atoms with E-state index in [1.165, 1.54) is 5.56 Å². The van der Waals surface area contributed by atoms with Crippen LogP contribution in [0.2, 0.25) is 0 Å². The predicted molar refractivity (Wildman–Crippen MR) is 125 cm³/mol. The van der Waals surface area contributed by atoms with Crippen LogP contribution in [0.1, 0.15) is 55.6 Å². The van der Waals surface area contributed by atoms with Crippen molar-refractivity contribution in [3.63, 3.8) is 0 Å². The lowest BCUT2D eigenvalue weighted by atomic mass is 9.71. The highest BCUT2D eigenvalue weighted by molar-refractivity contribution is 6.07. The van der Waals surface area contributed by atoms with Crippen LogP contribution >= 0.6 is 0 Å². The van der Waals surface area contributed by atoms with Gasteiger partial charge in [-0.05, 0) is 42.9 Å². The fourth-order valence-electron chi connectivity index (χ4n) is 5.82. The van der Waals surface area contributed by atoms with E-state index in [9.17, 15) is 9.59 Å². The summed E-state index contributed by atoms with van der Waals surface area (Å²) in [5.74, 6) is 0.137. The number of allylic oxidation sites excluding steroid dienone is 4. The fraction of sp³-hybridized carbons (Fsp3) is 0.286. The van der Waals surface area contributed by atoms with Crippen LogP contribution in [0.25, 0.3) is 10.9 Å². The molecule has 4 heteroatoms. The van der Waals surface area contributed by atoms with Crippen molar-refractivity contribution in [2.24, 2.45) is 0 Å². The monoisotopic (exact) mass is 422 g/mol. The minimum absolute atomic E-state index is 0.199. The average Bonchev–Trinajstić information content (AvgIpc) is 3.24. The van der Waals surface area contributed by atoms with Crippen molar-refractivity contribution >= 4 is 22.5 Å². The van der Waals surface area contributed by atoms with Crippen molar-refractivity contribution < 1.29 is 9.59 Å². The molecular formula is C28H26N2O2. The van der Waals surface area contributed by atoms with Gasteiger partial charge in [-0.15, -0.1) is 0 Å². The van der Waals surface area contributed by atoms with Crippen LogP contribution in [0.5, 0.6) is 0 Å². The van der Waals surface area contributed by atoms with Gasteiger partial charge in [0.2, 0.25) is 0 Å². The number of rotatable bonds is 3. The van der Waals surface area contributed by atoms with Gasteiger partial charge in [0.05, 0.1) is 0 Å². The molecule has 3 aliphatic rings. The number of nitrogens with one attached hydrogen (secondary N) is 1. The maximum Gasteiger partial charge on any atom is 0.161 e. The Bertz CT molecular complexity index is 1250. The molecule has 1 aliphatic heterocycles. The number of hydrogen-bond donors (Lipinski definition) is 1. The number of aromatic nitrogens is 1. The van der Waals surface area contributed by atoms with E-state index in [1.54, 1.807) is 0 Å². The second kappa shape index (κ2) is 7.63. The molecule has 0 atom stereocenters. The van der Waals surface area contributed by atoms with Crippen LogP contribution in [0, 0.1) is 0 Å². The second-order valence-corrected chi connectivity index (χ2v) is 9.07. The van der Waals surface area contributed by atoms with Crippen molar-refractivity contribution in [1.29, 1.82) is 0 Å². The second-order valence-electron chi connectivity index (χ2n) is 9.07. The third kappa shape index (κ3) is 2.97. The van der Waals surface area contributed by atoms with Crippen LogP contribution in [0.15, 0.2) is 83.3 Å². The number of carbonyl (C=O) groups is 2. The Labute approximate surface area is 187 Å². The van der Waals surface area contributed by atoms with Gasteiger partial charge < -0.3 is 9.88 Å². The SMILES string of the molecule is O=C1CCCC2=C1C(c1c[nH]c3ccccc13)C1=C(CCCC1=O)N2Cc1ccccc1. The number of nitrogens with zero attached hydrogens (tertiary/aromatic N) is 1. The number of benzene rings is 2. The number of H-pyrrole nitrogens is 1. The number of aromatic amines is 1. The molecule has 2 heterocycles. The summed E-state index contributed by atoms with van der Waals surface area (Å²) in [4.78, 5) is 32.5. The molecule has 2 aromatic carbocycles. The van der Waals surface area contributed by atoms with Gasteiger partial charge in [-0.3, -0.25) is 9.59 Å². The maximum absolute atomic E-state index is 13.4. The molecular weight excluding hydrogens is 396 g/mol. The number of carbonyl (C=O) groups excluding carboxylic acids is 2. The van der Waals surface area contributed by atoms with Crippen LogP contribution in [0.4, 0.5) is 0 Å². The summed E-state index contributed by atoms with van der Waals surface area (Å²) in [6.45, 7) is 0.708. The molecule has 0 saturated heterocycles. The smallest absolute Gasteiger partial charge is 0.161 e. The lowest BCUT2D eigenvalue weighted by Gasteiger charge is -2.44. The zero-order chi connectivity index (χ0) is 21.7. The zero-order valence-corrected chi connectivity index (χ0v) is 18.1. The molecule has 0 fully saturated rings. The van der Waals surface area contributed by atoms with Gasteiger partial charge >= 0.3 is 0 Å².